The molecule has 3 unspecified atom stereocenters. The number of ether oxygens (including phenoxy) is 4. The molecular formula is C36H56O8. The molecule has 8 nitrogen and oxygen atoms in total. The fourth-order valence-corrected chi connectivity index (χ4v) is 8.23. The number of rotatable bonds is 14. The van der Waals surface area contributed by atoms with Crippen molar-refractivity contribution in [2.75, 3.05) is 6.61 Å². The summed E-state index contributed by atoms with van der Waals surface area (Å²) in [5.41, 5.74) is 3.17. The van der Waals surface area contributed by atoms with Gasteiger partial charge in [0.15, 0.2) is 6.29 Å². The maximum absolute atomic E-state index is 11.5. The van der Waals surface area contributed by atoms with Crippen LogP contribution in [0.3, 0.4) is 0 Å². The number of hydrogen-bond donors (Lipinski definition) is 1. The summed E-state index contributed by atoms with van der Waals surface area (Å²) in [5.74, 6) is 0.199. The topological polar surface area (TPSA) is 108 Å². The molecule has 0 radical (unpaired) electrons. The first-order valence-corrected chi connectivity index (χ1v) is 16.5. The molecule has 44 heavy (non-hydrogen) atoms. The summed E-state index contributed by atoms with van der Waals surface area (Å²) < 4.78 is 22.8. The molecule has 8 atom stereocenters. The zero-order chi connectivity index (χ0) is 32.7. The van der Waals surface area contributed by atoms with E-state index in [9.17, 15) is 14.4 Å². The van der Waals surface area contributed by atoms with Gasteiger partial charge < -0.3 is 24.1 Å². The van der Waals surface area contributed by atoms with Crippen molar-refractivity contribution in [1.82, 2.24) is 0 Å². The van der Waals surface area contributed by atoms with Crippen molar-refractivity contribution < 1.29 is 38.4 Å². The highest BCUT2D eigenvalue weighted by Gasteiger charge is 2.49. The molecule has 0 saturated heterocycles. The Morgan fingerprint density at radius 2 is 1.86 bits per heavy atom. The quantitative estimate of drug-likeness (QED) is 0.121. The van der Waals surface area contributed by atoms with Crippen LogP contribution in [0.1, 0.15) is 113 Å². The molecule has 0 spiro atoms. The molecule has 248 valence electrons. The van der Waals surface area contributed by atoms with E-state index in [0.717, 1.165) is 25.7 Å². The molecule has 3 aliphatic rings. The third-order valence-corrected chi connectivity index (χ3v) is 10.4. The van der Waals surface area contributed by atoms with Gasteiger partial charge in [-0.1, -0.05) is 51.0 Å². The number of carboxylic acids is 1. The van der Waals surface area contributed by atoms with Crippen molar-refractivity contribution in [2.24, 2.45) is 28.6 Å². The maximum Gasteiger partial charge on any atom is 0.303 e. The molecule has 3 rings (SSSR count). The van der Waals surface area contributed by atoms with E-state index >= 15 is 0 Å². The van der Waals surface area contributed by atoms with E-state index < -0.39 is 36.4 Å². The van der Waals surface area contributed by atoms with E-state index in [1.807, 2.05) is 0 Å². The summed E-state index contributed by atoms with van der Waals surface area (Å²) in [6.07, 6.45) is 14.6. The molecule has 1 heterocycles. The molecule has 8 heteroatoms. The highest BCUT2D eigenvalue weighted by atomic mass is 16.7. The minimum Gasteiger partial charge on any atom is -0.481 e. The lowest BCUT2D eigenvalue weighted by Crippen LogP contribution is -2.45. The van der Waals surface area contributed by atoms with Crippen LogP contribution in [0.2, 0.25) is 0 Å². The summed E-state index contributed by atoms with van der Waals surface area (Å²) in [4.78, 5) is 33.8. The molecule has 1 N–H and O–H groups in total. The van der Waals surface area contributed by atoms with Crippen molar-refractivity contribution in [3.05, 3.63) is 35.5 Å². The van der Waals surface area contributed by atoms with Crippen LogP contribution in [0.5, 0.6) is 0 Å². The van der Waals surface area contributed by atoms with Crippen molar-refractivity contribution >= 4 is 17.9 Å². The van der Waals surface area contributed by atoms with E-state index in [-0.39, 0.29) is 30.0 Å². The molecule has 0 bridgehead atoms. The molecule has 0 amide bonds. The minimum atomic E-state index is -0.722. The summed E-state index contributed by atoms with van der Waals surface area (Å²) in [5, 5.41) is 8.98. The van der Waals surface area contributed by atoms with Crippen LogP contribution >= 0.6 is 0 Å². The molecule has 2 aliphatic carbocycles. The van der Waals surface area contributed by atoms with Crippen molar-refractivity contribution in [3.8, 4) is 0 Å². The van der Waals surface area contributed by atoms with E-state index in [1.165, 1.54) is 44.3 Å². The number of hydrogen-bond acceptors (Lipinski definition) is 7. The normalized spacial score (nSPS) is 31.3. The molecule has 0 aromatic carbocycles. The van der Waals surface area contributed by atoms with Crippen molar-refractivity contribution in [2.45, 2.75) is 138 Å². The number of aliphatic carboxylic acids is 1. The first-order chi connectivity index (χ1) is 20.7. The summed E-state index contributed by atoms with van der Waals surface area (Å²) in [7, 11) is 0. The van der Waals surface area contributed by atoms with E-state index in [0.29, 0.717) is 24.2 Å². The molecule has 1 aliphatic heterocycles. The number of carbonyl (C=O) groups excluding carboxylic acids is 2. The van der Waals surface area contributed by atoms with Gasteiger partial charge in [-0.2, -0.15) is 0 Å². The predicted molar refractivity (Wildman–Crippen MR) is 170 cm³/mol. The third-order valence-electron chi connectivity index (χ3n) is 10.4. The molecule has 0 aromatic rings. The zero-order valence-electron chi connectivity index (χ0n) is 28.2. The lowest BCUT2D eigenvalue weighted by Gasteiger charge is -2.54. The highest BCUT2D eigenvalue weighted by molar-refractivity contribution is 5.67. The van der Waals surface area contributed by atoms with Crippen LogP contribution in [0, 0.1) is 28.6 Å². The fourth-order valence-electron chi connectivity index (χ4n) is 8.23. The Morgan fingerprint density at radius 3 is 2.50 bits per heavy atom. The monoisotopic (exact) mass is 616 g/mol. The van der Waals surface area contributed by atoms with Gasteiger partial charge in [0.25, 0.3) is 0 Å². The number of esters is 2. The van der Waals surface area contributed by atoms with E-state index in [1.54, 1.807) is 12.2 Å². The van der Waals surface area contributed by atoms with Gasteiger partial charge in [-0.3, -0.25) is 14.4 Å². The molecule has 0 aromatic heterocycles. The van der Waals surface area contributed by atoms with Gasteiger partial charge in [0.2, 0.25) is 0 Å². The van der Waals surface area contributed by atoms with Crippen molar-refractivity contribution in [3.63, 3.8) is 0 Å². The Labute approximate surface area is 264 Å². The molecule has 1 saturated carbocycles. The maximum atomic E-state index is 11.5. The van der Waals surface area contributed by atoms with Crippen LogP contribution in [-0.2, 0) is 33.3 Å². The second-order valence-electron chi connectivity index (χ2n) is 14.1. The fraction of sp³-hybridized carbons (Fsp3) is 0.750. The Morgan fingerprint density at radius 1 is 1.14 bits per heavy atom. The van der Waals surface area contributed by atoms with Gasteiger partial charge in [-0.05, 0) is 106 Å². The third kappa shape index (κ3) is 9.53. The first kappa shape index (κ1) is 36.0. The minimum absolute atomic E-state index is 0.0229. The second kappa shape index (κ2) is 15.7. The van der Waals surface area contributed by atoms with Gasteiger partial charge in [0.1, 0.15) is 18.8 Å². The van der Waals surface area contributed by atoms with Gasteiger partial charge in [0.05, 0.1) is 6.10 Å². The average Bonchev–Trinajstić information content (AvgIpc) is 2.92. The summed E-state index contributed by atoms with van der Waals surface area (Å²) in [6.45, 7) is 16.5. The predicted octanol–water partition coefficient (Wildman–Crippen LogP) is 7.56. The van der Waals surface area contributed by atoms with Crippen LogP contribution in [0.25, 0.3) is 0 Å². The lowest BCUT2D eigenvalue weighted by molar-refractivity contribution is -0.207. The zero-order valence-corrected chi connectivity index (χ0v) is 28.2. The first-order valence-electron chi connectivity index (χ1n) is 16.5. The lowest BCUT2D eigenvalue weighted by atomic mass is 9.51. The number of carboxylic acid groups (broad SMARTS) is 1. The van der Waals surface area contributed by atoms with Crippen LogP contribution in [-0.4, -0.2) is 54.2 Å². The largest absolute Gasteiger partial charge is 0.481 e. The standard InChI is InChI=1S/C36H56O8/c1-9-29(23(2)12-10-11-13-33(39)40)36(8)19-18-30-27(21-36)14-15-28(35(30,6)7)20-24(3)42-34-17-16-31(43-26(5)38)32(44-34)22-41-25(4)37/h12,15-17,24,27,29-32,34H,9-11,13-14,18-22H2,1-8H3,(H,39,40)/b23-12+/t24-,27?,29+,30?,31-,32+,34?,36-/m0/s1. The summed E-state index contributed by atoms with van der Waals surface area (Å²) in [6, 6.07) is 0. The molecule has 1 fully saturated rings. The second-order valence-corrected chi connectivity index (χ2v) is 14.1. The van der Waals surface area contributed by atoms with E-state index in [2.05, 4.69) is 53.7 Å². The highest BCUT2D eigenvalue weighted by Crippen LogP contribution is 2.58. The summed E-state index contributed by atoms with van der Waals surface area (Å²) >= 11 is 0. The van der Waals surface area contributed by atoms with Gasteiger partial charge in [-0.25, -0.2) is 0 Å². The van der Waals surface area contributed by atoms with Gasteiger partial charge in [-0.15, -0.1) is 0 Å². The number of carbonyl (C=O) groups is 3. The van der Waals surface area contributed by atoms with Gasteiger partial charge in [0, 0.05) is 20.3 Å². The van der Waals surface area contributed by atoms with Crippen LogP contribution in [0.4, 0.5) is 0 Å². The number of unbranched alkanes of at least 4 members (excludes halogenated alkanes) is 1. The van der Waals surface area contributed by atoms with Crippen molar-refractivity contribution in [1.29, 1.82) is 0 Å². The Kier molecular flexibility index (Phi) is 12.9. The average molecular weight is 617 g/mol. The smallest absolute Gasteiger partial charge is 0.303 e. The molecular weight excluding hydrogens is 560 g/mol. The van der Waals surface area contributed by atoms with Crippen LogP contribution in [0.15, 0.2) is 35.5 Å². The Hall–Kier alpha value is -2.45. The van der Waals surface area contributed by atoms with Crippen LogP contribution < -0.4 is 0 Å². The number of allylic oxidation sites excluding steroid dienone is 3. The van der Waals surface area contributed by atoms with E-state index in [4.69, 9.17) is 24.1 Å². The SMILES string of the molecule is CC[C@H](/C(C)=C/CCCC(=O)O)[C@@]1(C)CCC2C(CC=C(C[C@H](C)OC3C=C[C@H](OC(C)=O)[C@@H](COC(C)=O)O3)C2(C)C)C1. The Bertz CT molecular complexity index is 1100. The Balaban J connectivity index is 1.63. The van der Waals surface area contributed by atoms with Gasteiger partial charge >= 0.3 is 17.9 Å². The number of fused-ring (bicyclic) bond motifs is 1.